The van der Waals surface area contributed by atoms with Gasteiger partial charge in [0.05, 0.1) is 5.56 Å². The molecule has 1 nitrogen and oxygen atoms in total. The third-order valence-corrected chi connectivity index (χ3v) is 5.75. The van der Waals surface area contributed by atoms with Crippen LogP contribution in [0.2, 0.25) is 0 Å². The maximum Gasteiger partial charge on any atom is 0.416 e. The van der Waals surface area contributed by atoms with E-state index in [9.17, 15) is 13.2 Å². The molecule has 0 aliphatic heterocycles. The summed E-state index contributed by atoms with van der Waals surface area (Å²) in [6, 6.07) is 6.16. The third kappa shape index (κ3) is 3.17. The van der Waals surface area contributed by atoms with Gasteiger partial charge in [-0.1, -0.05) is 38.0 Å². The zero-order valence-electron chi connectivity index (χ0n) is 13.0. The lowest BCUT2D eigenvalue weighted by atomic mass is 9.56. The predicted octanol–water partition coefficient (Wildman–Crippen LogP) is 5.15. The van der Waals surface area contributed by atoms with Crippen molar-refractivity contribution in [3.63, 3.8) is 0 Å². The van der Waals surface area contributed by atoms with Crippen molar-refractivity contribution in [3.05, 3.63) is 35.4 Å². The van der Waals surface area contributed by atoms with Crippen LogP contribution in [0.4, 0.5) is 13.2 Å². The molecule has 0 saturated heterocycles. The lowest BCUT2D eigenvalue weighted by Crippen LogP contribution is -2.54. The Bertz CT molecular complexity index is 515. The maximum absolute atomic E-state index is 12.7. The van der Waals surface area contributed by atoms with Crippen molar-refractivity contribution in [1.82, 2.24) is 5.32 Å². The summed E-state index contributed by atoms with van der Waals surface area (Å²) < 4.78 is 38.2. The fourth-order valence-electron chi connectivity index (χ4n) is 4.05. The summed E-state index contributed by atoms with van der Waals surface area (Å²) in [4.78, 5) is 0. The summed E-state index contributed by atoms with van der Waals surface area (Å²) >= 11 is 0. The zero-order valence-corrected chi connectivity index (χ0v) is 13.0. The lowest BCUT2D eigenvalue weighted by Gasteiger charge is -2.53. The van der Waals surface area contributed by atoms with Gasteiger partial charge >= 0.3 is 6.18 Å². The minimum Gasteiger partial charge on any atom is -0.309 e. The van der Waals surface area contributed by atoms with Crippen molar-refractivity contribution < 1.29 is 13.2 Å². The summed E-state index contributed by atoms with van der Waals surface area (Å²) in [5, 5.41) is 3.52. The number of hydrogen-bond acceptors (Lipinski definition) is 1. The standard InChI is InChI=1S/C18H24F3N/c1-13-5-8-17(9-6-13)10-7-16(17)22-12-14-3-2-4-15(11-14)18(19,20)21/h2-4,11,13,16,22H,5-10,12H2,1H3/t13?,16-,17?/m0/s1. The van der Waals surface area contributed by atoms with E-state index in [-0.39, 0.29) is 0 Å². The molecule has 1 aromatic carbocycles. The molecule has 1 N–H and O–H groups in total. The quantitative estimate of drug-likeness (QED) is 0.813. The molecule has 3 rings (SSSR count). The summed E-state index contributed by atoms with van der Waals surface area (Å²) in [6.07, 6.45) is 3.31. The van der Waals surface area contributed by atoms with Gasteiger partial charge in [-0.25, -0.2) is 0 Å². The molecule has 122 valence electrons. The molecule has 2 saturated carbocycles. The van der Waals surface area contributed by atoms with Crippen molar-refractivity contribution >= 4 is 0 Å². The zero-order chi connectivity index (χ0) is 15.8. The first-order valence-electron chi connectivity index (χ1n) is 8.29. The lowest BCUT2D eigenvalue weighted by molar-refractivity contribution is -0.137. The molecule has 0 radical (unpaired) electrons. The normalized spacial score (nSPS) is 32.0. The van der Waals surface area contributed by atoms with Crippen LogP contribution in [0.15, 0.2) is 24.3 Å². The summed E-state index contributed by atoms with van der Waals surface area (Å²) in [7, 11) is 0. The molecule has 1 spiro atoms. The van der Waals surface area contributed by atoms with Gasteiger partial charge in [0.25, 0.3) is 0 Å². The Morgan fingerprint density at radius 3 is 2.41 bits per heavy atom. The van der Waals surface area contributed by atoms with Gasteiger partial charge in [-0.05, 0) is 48.6 Å². The SMILES string of the molecule is CC1CCC2(CC1)CC[C@@H]2NCc1cccc(C(F)(F)F)c1. The number of alkyl halides is 3. The van der Waals surface area contributed by atoms with Crippen LogP contribution in [-0.4, -0.2) is 6.04 Å². The van der Waals surface area contributed by atoms with Crippen molar-refractivity contribution in [3.8, 4) is 0 Å². The van der Waals surface area contributed by atoms with Gasteiger partial charge < -0.3 is 5.32 Å². The van der Waals surface area contributed by atoms with Crippen LogP contribution in [0.5, 0.6) is 0 Å². The Morgan fingerprint density at radius 2 is 1.82 bits per heavy atom. The van der Waals surface area contributed by atoms with Gasteiger partial charge in [-0.15, -0.1) is 0 Å². The van der Waals surface area contributed by atoms with Crippen LogP contribution in [0.25, 0.3) is 0 Å². The van der Waals surface area contributed by atoms with E-state index in [1.807, 2.05) is 0 Å². The Labute approximate surface area is 130 Å². The van der Waals surface area contributed by atoms with E-state index in [4.69, 9.17) is 0 Å². The molecule has 1 atom stereocenters. The largest absolute Gasteiger partial charge is 0.416 e. The molecule has 2 fully saturated rings. The van der Waals surface area contributed by atoms with Crippen LogP contribution >= 0.6 is 0 Å². The smallest absolute Gasteiger partial charge is 0.309 e. The molecule has 0 aromatic heterocycles. The second-order valence-electron chi connectivity index (χ2n) is 7.22. The topological polar surface area (TPSA) is 12.0 Å². The Morgan fingerprint density at radius 1 is 1.14 bits per heavy atom. The average molecular weight is 311 g/mol. The molecule has 4 heteroatoms. The fraction of sp³-hybridized carbons (Fsp3) is 0.667. The average Bonchev–Trinajstić information content (AvgIpc) is 2.47. The first kappa shape index (κ1) is 15.9. The van der Waals surface area contributed by atoms with Gasteiger partial charge in [-0.2, -0.15) is 13.2 Å². The second kappa shape index (κ2) is 5.88. The van der Waals surface area contributed by atoms with Crippen LogP contribution in [-0.2, 0) is 12.7 Å². The minimum atomic E-state index is -4.26. The molecule has 2 aliphatic rings. The van der Waals surface area contributed by atoms with Crippen LogP contribution < -0.4 is 5.32 Å². The summed E-state index contributed by atoms with van der Waals surface area (Å²) in [5.41, 5.74) is 0.594. The van der Waals surface area contributed by atoms with E-state index in [2.05, 4.69) is 12.2 Å². The van der Waals surface area contributed by atoms with Gasteiger partial charge in [-0.3, -0.25) is 0 Å². The number of nitrogens with one attached hydrogen (secondary N) is 1. The summed E-state index contributed by atoms with van der Waals surface area (Å²) in [5.74, 6) is 0.829. The summed E-state index contributed by atoms with van der Waals surface area (Å²) in [6.45, 7) is 2.85. The minimum absolute atomic E-state index is 0.425. The van der Waals surface area contributed by atoms with Gasteiger partial charge in [0.2, 0.25) is 0 Å². The van der Waals surface area contributed by atoms with E-state index >= 15 is 0 Å². The van der Waals surface area contributed by atoms with Gasteiger partial charge in [0.15, 0.2) is 0 Å². The van der Waals surface area contributed by atoms with E-state index in [0.29, 0.717) is 18.0 Å². The fourth-order valence-corrected chi connectivity index (χ4v) is 4.05. The van der Waals surface area contributed by atoms with E-state index in [0.717, 1.165) is 24.0 Å². The number of rotatable bonds is 3. The van der Waals surface area contributed by atoms with E-state index < -0.39 is 11.7 Å². The molecular weight excluding hydrogens is 287 g/mol. The molecule has 0 amide bonds. The van der Waals surface area contributed by atoms with E-state index in [1.54, 1.807) is 6.07 Å². The molecule has 1 aromatic rings. The van der Waals surface area contributed by atoms with Crippen LogP contribution in [0.1, 0.15) is 56.6 Å². The highest BCUT2D eigenvalue weighted by Gasteiger charge is 2.47. The highest BCUT2D eigenvalue weighted by Crippen LogP contribution is 2.52. The van der Waals surface area contributed by atoms with Crippen molar-refractivity contribution in [2.24, 2.45) is 11.3 Å². The van der Waals surface area contributed by atoms with Gasteiger partial charge in [0, 0.05) is 12.6 Å². The third-order valence-electron chi connectivity index (χ3n) is 5.75. The van der Waals surface area contributed by atoms with E-state index in [1.165, 1.54) is 44.2 Å². The first-order valence-corrected chi connectivity index (χ1v) is 8.29. The highest BCUT2D eigenvalue weighted by molar-refractivity contribution is 5.25. The van der Waals surface area contributed by atoms with Crippen LogP contribution in [0.3, 0.4) is 0 Å². The molecule has 2 aliphatic carbocycles. The van der Waals surface area contributed by atoms with Crippen molar-refractivity contribution in [1.29, 1.82) is 0 Å². The van der Waals surface area contributed by atoms with Crippen LogP contribution in [0, 0.1) is 11.3 Å². The predicted molar refractivity (Wildman–Crippen MR) is 81.4 cm³/mol. The van der Waals surface area contributed by atoms with Crippen molar-refractivity contribution in [2.45, 2.75) is 64.2 Å². The molecule has 0 heterocycles. The highest BCUT2D eigenvalue weighted by atomic mass is 19.4. The van der Waals surface area contributed by atoms with Gasteiger partial charge in [0.1, 0.15) is 0 Å². The Kier molecular flexibility index (Phi) is 4.23. The number of halogens is 3. The Hall–Kier alpha value is -1.03. The monoisotopic (exact) mass is 311 g/mol. The molecular formula is C18H24F3N. The molecule has 0 bridgehead atoms. The molecule has 0 unspecified atom stereocenters. The maximum atomic E-state index is 12.7. The first-order chi connectivity index (χ1) is 10.4. The van der Waals surface area contributed by atoms with Crippen molar-refractivity contribution in [2.75, 3.05) is 0 Å². The second-order valence-corrected chi connectivity index (χ2v) is 7.22. The molecule has 22 heavy (non-hydrogen) atoms. The number of benzene rings is 1. The number of hydrogen-bond donors (Lipinski definition) is 1. The Balaban J connectivity index is 1.59.